The molecule has 0 aromatic carbocycles. The lowest BCUT2D eigenvalue weighted by molar-refractivity contribution is 0.669. The second-order valence-corrected chi connectivity index (χ2v) is 3.68. The van der Waals surface area contributed by atoms with Gasteiger partial charge in [0.25, 0.3) is 0 Å². The average molecular weight is 158 g/mol. The third-order valence-electron chi connectivity index (χ3n) is 2.62. The molecule has 0 radical (unpaired) electrons. The van der Waals surface area contributed by atoms with Gasteiger partial charge in [-0.05, 0) is 24.8 Å². The highest BCUT2D eigenvalue weighted by Gasteiger charge is 2.23. The predicted octanol–water partition coefficient (Wildman–Crippen LogP) is 3.25. The summed E-state index contributed by atoms with van der Waals surface area (Å²) < 4.78 is 0. The maximum atomic E-state index is 4.00. The smallest absolute Gasteiger partial charge is 0.00291 e. The second kappa shape index (κ2) is 2.78. The molecule has 0 nitrogen and oxygen atoms in total. The molecule has 0 N–H and O–H groups in total. The normalized spacial score (nSPS) is 31.6. The molecule has 0 aliphatic heterocycles. The molecule has 0 fully saturated rings. The maximum Gasteiger partial charge on any atom is 0.00291 e. The van der Waals surface area contributed by atoms with Gasteiger partial charge in [-0.3, -0.25) is 0 Å². The summed E-state index contributed by atoms with van der Waals surface area (Å²) in [5.41, 5.74) is 2.67. The number of fused-ring (bicyclic) bond motifs is 2. The van der Waals surface area contributed by atoms with Crippen molar-refractivity contribution in [3.8, 4) is 0 Å². The fraction of sp³-hybridized carbons (Fsp3) is 0.333. The van der Waals surface area contributed by atoms with Crippen molar-refractivity contribution in [1.29, 1.82) is 0 Å². The molecule has 2 aliphatic rings. The van der Waals surface area contributed by atoms with Crippen LogP contribution in [0.3, 0.4) is 0 Å². The van der Waals surface area contributed by atoms with E-state index in [1.165, 1.54) is 17.6 Å². The number of rotatable bonds is 1. The quantitative estimate of drug-likeness (QED) is 0.549. The van der Waals surface area contributed by atoms with Crippen molar-refractivity contribution in [2.75, 3.05) is 0 Å². The summed E-state index contributed by atoms with van der Waals surface area (Å²) in [6.07, 6.45) is 12.5. The van der Waals surface area contributed by atoms with Gasteiger partial charge in [-0.1, -0.05) is 42.5 Å². The van der Waals surface area contributed by atoms with Crippen LogP contribution in [0.1, 0.15) is 13.3 Å². The van der Waals surface area contributed by atoms with Crippen LogP contribution in [-0.2, 0) is 0 Å². The molecule has 0 saturated heterocycles. The molecule has 2 bridgehead atoms. The Kier molecular flexibility index (Phi) is 1.76. The Labute approximate surface area is 74.0 Å². The van der Waals surface area contributed by atoms with Gasteiger partial charge in [0.15, 0.2) is 0 Å². The van der Waals surface area contributed by atoms with Crippen LogP contribution in [0.25, 0.3) is 0 Å². The first-order chi connectivity index (χ1) is 5.77. The average Bonchev–Trinajstić information content (AvgIpc) is 2.23. The number of allylic oxidation sites excluding steroid dienone is 7. The molecule has 0 heteroatoms. The fourth-order valence-corrected chi connectivity index (χ4v) is 2.02. The van der Waals surface area contributed by atoms with Crippen LogP contribution in [-0.4, -0.2) is 0 Å². The minimum atomic E-state index is 0.627. The van der Waals surface area contributed by atoms with E-state index in [0.29, 0.717) is 11.8 Å². The van der Waals surface area contributed by atoms with Gasteiger partial charge in [0.1, 0.15) is 0 Å². The summed E-state index contributed by atoms with van der Waals surface area (Å²) >= 11 is 0. The first kappa shape index (κ1) is 7.60. The van der Waals surface area contributed by atoms with Crippen LogP contribution in [0.2, 0.25) is 0 Å². The lowest BCUT2D eigenvalue weighted by Crippen LogP contribution is -1.95. The van der Waals surface area contributed by atoms with E-state index in [0.717, 1.165) is 0 Å². The molecule has 2 aliphatic carbocycles. The van der Waals surface area contributed by atoms with E-state index in [9.17, 15) is 0 Å². The molecule has 0 aromatic rings. The standard InChI is InChI=1S/C12H14/c1-9(2)12-8-10-5-3-4-6-11(12)7-10/h3-6,8,10-11H,1,7H2,2H3. The highest BCUT2D eigenvalue weighted by Crippen LogP contribution is 2.37. The molecule has 0 heterocycles. The van der Waals surface area contributed by atoms with Gasteiger partial charge in [-0.25, -0.2) is 0 Å². The van der Waals surface area contributed by atoms with E-state index < -0.39 is 0 Å². The molecule has 0 spiro atoms. The lowest BCUT2D eigenvalue weighted by Gasteiger charge is -2.08. The van der Waals surface area contributed by atoms with E-state index in [1.807, 2.05) is 0 Å². The second-order valence-electron chi connectivity index (χ2n) is 3.68. The first-order valence-electron chi connectivity index (χ1n) is 4.50. The summed E-state index contributed by atoms with van der Waals surface area (Å²) in [6, 6.07) is 0. The predicted molar refractivity (Wildman–Crippen MR) is 52.8 cm³/mol. The van der Waals surface area contributed by atoms with Crippen molar-refractivity contribution in [2.45, 2.75) is 13.3 Å². The summed E-state index contributed by atoms with van der Waals surface area (Å²) in [7, 11) is 0. The summed E-state index contributed by atoms with van der Waals surface area (Å²) in [4.78, 5) is 0. The van der Waals surface area contributed by atoms with Crippen LogP contribution in [0.4, 0.5) is 0 Å². The monoisotopic (exact) mass is 158 g/mol. The van der Waals surface area contributed by atoms with Crippen molar-refractivity contribution in [3.63, 3.8) is 0 Å². The van der Waals surface area contributed by atoms with Crippen molar-refractivity contribution < 1.29 is 0 Å². The van der Waals surface area contributed by atoms with Crippen LogP contribution >= 0.6 is 0 Å². The lowest BCUT2D eigenvalue weighted by atomic mass is 9.96. The Morgan fingerprint density at radius 2 is 2.17 bits per heavy atom. The van der Waals surface area contributed by atoms with Crippen LogP contribution in [0.15, 0.2) is 48.1 Å². The van der Waals surface area contributed by atoms with Crippen molar-refractivity contribution in [1.82, 2.24) is 0 Å². The van der Waals surface area contributed by atoms with Gasteiger partial charge < -0.3 is 0 Å². The Balaban J connectivity index is 2.34. The van der Waals surface area contributed by atoms with Crippen LogP contribution in [0.5, 0.6) is 0 Å². The van der Waals surface area contributed by atoms with Gasteiger partial charge in [0, 0.05) is 5.92 Å². The largest absolute Gasteiger partial charge is 0.0958 e. The zero-order valence-electron chi connectivity index (χ0n) is 7.46. The summed E-state index contributed by atoms with van der Waals surface area (Å²) in [6.45, 7) is 6.10. The van der Waals surface area contributed by atoms with Gasteiger partial charge in [0.2, 0.25) is 0 Å². The van der Waals surface area contributed by atoms with E-state index in [-0.39, 0.29) is 0 Å². The fourth-order valence-electron chi connectivity index (χ4n) is 2.02. The zero-order valence-corrected chi connectivity index (χ0v) is 7.46. The third kappa shape index (κ3) is 1.18. The van der Waals surface area contributed by atoms with Gasteiger partial charge in [-0.15, -0.1) is 0 Å². The van der Waals surface area contributed by atoms with Gasteiger partial charge in [0.05, 0.1) is 0 Å². The van der Waals surface area contributed by atoms with E-state index >= 15 is 0 Å². The van der Waals surface area contributed by atoms with Crippen LogP contribution in [0, 0.1) is 11.8 Å². The summed E-state index contributed by atoms with van der Waals surface area (Å²) in [5.74, 6) is 1.28. The van der Waals surface area contributed by atoms with Crippen LogP contribution < -0.4 is 0 Å². The molecule has 12 heavy (non-hydrogen) atoms. The Bertz CT molecular complexity index is 289. The summed E-state index contributed by atoms with van der Waals surface area (Å²) in [5, 5.41) is 0. The molecule has 2 rings (SSSR count). The highest BCUT2D eigenvalue weighted by atomic mass is 14.3. The van der Waals surface area contributed by atoms with Crippen molar-refractivity contribution >= 4 is 0 Å². The number of hydrogen-bond donors (Lipinski definition) is 0. The molecule has 2 atom stereocenters. The van der Waals surface area contributed by atoms with E-state index in [4.69, 9.17) is 0 Å². The zero-order chi connectivity index (χ0) is 8.55. The Hall–Kier alpha value is -1.04. The first-order valence-corrected chi connectivity index (χ1v) is 4.50. The SMILES string of the molecule is C=C(C)C1=CC2C=CC=CC1C2. The molecule has 0 amide bonds. The van der Waals surface area contributed by atoms with Gasteiger partial charge >= 0.3 is 0 Å². The Morgan fingerprint density at radius 3 is 2.92 bits per heavy atom. The molecular formula is C12H14. The minimum absolute atomic E-state index is 0.627. The highest BCUT2D eigenvalue weighted by molar-refractivity contribution is 5.39. The van der Waals surface area contributed by atoms with Crippen molar-refractivity contribution in [3.05, 3.63) is 48.1 Å². The minimum Gasteiger partial charge on any atom is -0.0958 e. The maximum absolute atomic E-state index is 4.00. The number of hydrogen-bond acceptors (Lipinski definition) is 0. The molecule has 0 saturated carbocycles. The molecule has 0 aromatic heterocycles. The van der Waals surface area contributed by atoms with E-state index in [1.54, 1.807) is 0 Å². The molecule has 2 unspecified atom stereocenters. The van der Waals surface area contributed by atoms with Crippen molar-refractivity contribution in [2.24, 2.45) is 11.8 Å². The third-order valence-corrected chi connectivity index (χ3v) is 2.62. The molecular weight excluding hydrogens is 144 g/mol. The Morgan fingerprint density at radius 1 is 1.42 bits per heavy atom. The van der Waals surface area contributed by atoms with Gasteiger partial charge in [-0.2, -0.15) is 0 Å². The topological polar surface area (TPSA) is 0 Å². The molecule has 62 valence electrons. The van der Waals surface area contributed by atoms with E-state index in [2.05, 4.69) is 43.9 Å².